The van der Waals surface area contributed by atoms with E-state index in [0.717, 1.165) is 46.9 Å². The Bertz CT molecular complexity index is 1360. The van der Waals surface area contributed by atoms with E-state index in [9.17, 15) is 20.1 Å². The maximum absolute atomic E-state index is 12.3. The van der Waals surface area contributed by atoms with E-state index in [1.165, 1.54) is 0 Å². The van der Waals surface area contributed by atoms with Crippen LogP contribution in [0.15, 0.2) is 66.9 Å². The van der Waals surface area contributed by atoms with Crippen molar-refractivity contribution in [1.29, 1.82) is 0 Å². The van der Waals surface area contributed by atoms with E-state index in [-0.39, 0.29) is 31.1 Å². The van der Waals surface area contributed by atoms with Gasteiger partial charge in [0, 0.05) is 30.6 Å². The Hall–Kier alpha value is -3.81. The number of hydrogen-bond donors (Lipinski definition) is 3. The topological polar surface area (TPSA) is 101 Å². The second-order valence-electron chi connectivity index (χ2n) is 9.61. The number of aromatic hydroxyl groups is 2. The molecule has 0 saturated carbocycles. The fraction of sp³-hybridized carbons (Fsp3) is 0.323. The minimum atomic E-state index is -0.910. The number of methoxy groups -OCH3 is 1. The predicted molar refractivity (Wildman–Crippen MR) is 147 cm³/mol. The minimum Gasteiger partial charge on any atom is -0.507 e. The van der Waals surface area contributed by atoms with Crippen LogP contribution in [0.3, 0.4) is 0 Å². The molecule has 1 unspecified atom stereocenters. The lowest BCUT2D eigenvalue weighted by atomic mass is 10.0. The highest BCUT2D eigenvalue weighted by Gasteiger charge is 2.18. The van der Waals surface area contributed by atoms with Crippen LogP contribution in [0.4, 0.5) is 0 Å². The number of benzene rings is 3. The van der Waals surface area contributed by atoms with Gasteiger partial charge in [-0.2, -0.15) is 0 Å². The van der Waals surface area contributed by atoms with Crippen LogP contribution in [0.25, 0.3) is 10.9 Å². The molecule has 3 aromatic carbocycles. The number of rotatable bonds is 12. The van der Waals surface area contributed by atoms with Crippen molar-refractivity contribution in [3.05, 3.63) is 94.7 Å². The van der Waals surface area contributed by atoms with Crippen molar-refractivity contribution < 1.29 is 29.6 Å². The van der Waals surface area contributed by atoms with E-state index in [4.69, 9.17) is 9.47 Å². The van der Waals surface area contributed by atoms with Gasteiger partial charge in [-0.05, 0) is 65.9 Å². The van der Waals surface area contributed by atoms with Crippen molar-refractivity contribution in [1.82, 2.24) is 4.57 Å². The number of aliphatic hydroxyl groups excluding tert-OH is 1. The summed E-state index contributed by atoms with van der Waals surface area (Å²) >= 11 is 0. The van der Waals surface area contributed by atoms with Crippen LogP contribution in [0.2, 0.25) is 0 Å². The molecule has 200 valence electrons. The van der Waals surface area contributed by atoms with Crippen molar-refractivity contribution >= 4 is 16.9 Å². The van der Waals surface area contributed by atoms with Crippen LogP contribution in [-0.4, -0.2) is 45.7 Å². The Morgan fingerprint density at radius 3 is 2.42 bits per heavy atom. The summed E-state index contributed by atoms with van der Waals surface area (Å²) in [5.41, 5.74) is 4.51. The third kappa shape index (κ3) is 6.54. The highest BCUT2D eigenvalue weighted by atomic mass is 16.5. The molecule has 1 heterocycles. The molecule has 1 aromatic heterocycles. The largest absolute Gasteiger partial charge is 0.507 e. The van der Waals surface area contributed by atoms with Gasteiger partial charge in [0.15, 0.2) is 0 Å². The van der Waals surface area contributed by atoms with Crippen molar-refractivity contribution in [2.24, 2.45) is 0 Å². The summed E-state index contributed by atoms with van der Waals surface area (Å²) in [6.45, 7) is 2.66. The summed E-state index contributed by atoms with van der Waals surface area (Å²) in [6, 6.07) is 18.1. The van der Waals surface area contributed by atoms with Gasteiger partial charge in [-0.1, -0.05) is 37.6 Å². The second kappa shape index (κ2) is 12.6. The van der Waals surface area contributed by atoms with E-state index in [1.54, 1.807) is 43.5 Å². The number of esters is 1. The smallest absolute Gasteiger partial charge is 0.338 e. The standard InChI is InChI=1S/C31H35NO6/c1-3-4-8-21-14-29(34)27(30(35)15-21)18-32-17-24(26-13-22(19-37-2)11-12-28(26)32)16-25(33)20-38-31(36)23-9-6-5-7-10-23/h5-7,9-15,17,25,33-35H,3-4,8,16,18-20H2,1-2H3. The van der Waals surface area contributed by atoms with E-state index < -0.39 is 12.1 Å². The predicted octanol–water partition coefficient (Wildman–Crippen LogP) is 5.35. The first-order chi connectivity index (χ1) is 18.4. The van der Waals surface area contributed by atoms with Crippen molar-refractivity contribution in [3.8, 4) is 11.5 Å². The Morgan fingerprint density at radius 1 is 1.00 bits per heavy atom. The molecule has 0 aliphatic heterocycles. The average molecular weight is 518 g/mol. The van der Waals surface area contributed by atoms with Crippen LogP contribution in [0, 0.1) is 0 Å². The van der Waals surface area contributed by atoms with E-state index in [1.807, 2.05) is 35.0 Å². The number of carbonyl (C=O) groups is 1. The van der Waals surface area contributed by atoms with Gasteiger partial charge in [0.25, 0.3) is 0 Å². The first-order valence-corrected chi connectivity index (χ1v) is 12.9. The highest BCUT2D eigenvalue weighted by Crippen LogP contribution is 2.33. The van der Waals surface area contributed by atoms with Gasteiger partial charge in [-0.25, -0.2) is 4.79 Å². The molecule has 0 fully saturated rings. The molecule has 4 aromatic rings. The molecule has 4 rings (SSSR count). The Labute approximate surface area is 222 Å². The lowest BCUT2D eigenvalue weighted by molar-refractivity contribution is 0.0259. The number of phenols is 2. The molecule has 38 heavy (non-hydrogen) atoms. The monoisotopic (exact) mass is 517 g/mol. The van der Waals surface area contributed by atoms with Crippen molar-refractivity contribution in [2.75, 3.05) is 13.7 Å². The zero-order valence-electron chi connectivity index (χ0n) is 21.9. The molecule has 0 aliphatic carbocycles. The van der Waals surface area contributed by atoms with Gasteiger partial charge in [0.05, 0.1) is 30.4 Å². The van der Waals surface area contributed by atoms with Crippen molar-refractivity contribution in [2.45, 2.75) is 51.9 Å². The fourth-order valence-corrected chi connectivity index (χ4v) is 4.67. The van der Waals surface area contributed by atoms with Gasteiger partial charge in [-0.15, -0.1) is 0 Å². The van der Waals surface area contributed by atoms with Crippen LogP contribution >= 0.6 is 0 Å². The number of nitrogens with zero attached hydrogens (tertiary/aromatic N) is 1. The SMILES string of the molecule is CCCCc1cc(O)c(Cn2cc(CC(O)COC(=O)c3ccccc3)c3cc(COC)ccc32)c(O)c1. The first-order valence-electron chi connectivity index (χ1n) is 12.9. The second-order valence-corrected chi connectivity index (χ2v) is 9.61. The number of fused-ring (bicyclic) bond motifs is 1. The number of aromatic nitrogens is 1. The van der Waals surface area contributed by atoms with E-state index >= 15 is 0 Å². The number of unbranched alkanes of at least 4 members (excludes halogenated alkanes) is 1. The first kappa shape index (κ1) is 27.2. The molecular formula is C31H35NO6. The zero-order chi connectivity index (χ0) is 27.1. The normalized spacial score (nSPS) is 12.1. The van der Waals surface area contributed by atoms with Gasteiger partial charge in [0.1, 0.15) is 18.1 Å². The van der Waals surface area contributed by atoms with Crippen LogP contribution in [0.1, 0.15) is 52.4 Å². The average Bonchev–Trinajstić information content (AvgIpc) is 3.24. The Balaban J connectivity index is 1.57. The molecule has 7 nitrogen and oxygen atoms in total. The molecule has 1 atom stereocenters. The minimum absolute atomic E-state index is 0.0587. The molecule has 3 N–H and O–H groups in total. The number of hydrogen-bond acceptors (Lipinski definition) is 6. The highest BCUT2D eigenvalue weighted by molar-refractivity contribution is 5.89. The van der Waals surface area contributed by atoms with Crippen LogP contribution in [-0.2, 0) is 35.5 Å². The number of phenolic OH excluding ortho intramolecular Hbond substituents is 2. The molecule has 0 saturated heterocycles. The number of carbonyl (C=O) groups excluding carboxylic acids is 1. The summed E-state index contributed by atoms with van der Waals surface area (Å²) < 4.78 is 12.6. The Morgan fingerprint density at radius 2 is 1.74 bits per heavy atom. The number of aliphatic hydroxyl groups is 1. The van der Waals surface area contributed by atoms with Gasteiger partial charge >= 0.3 is 5.97 Å². The van der Waals surface area contributed by atoms with Gasteiger partial charge < -0.3 is 29.4 Å². The molecule has 0 aliphatic rings. The summed E-state index contributed by atoms with van der Waals surface area (Å²) in [7, 11) is 1.64. The lowest BCUT2D eigenvalue weighted by Gasteiger charge is -2.12. The molecule has 7 heteroatoms. The quantitative estimate of drug-likeness (QED) is 0.219. The molecule has 0 bridgehead atoms. The molecular weight excluding hydrogens is 482 g/mol. The zero-order valence-corrected chi connectivity index (χ0v) is 21.9. The number of aryl methyl sites for hydroxylation is 1. The fourth-order valence-electron chi connectivity index (χ4n) is 4.67. The third-order valence-electron chi connectivity index (χ3n) is 6.62. The third-order valence-corrected chi connectivity index (χ3v) is 6.62. The van der Waals surface area contributed by atoms with Gasteiger partial charge in [-0.3, -0.25) is 0 Å². The van der Waals surface area contributed by atoms with Crippen LogP contribution < -0.4 is 0 Å². The summed E-state index contributed by atoms with van der Waals surface area (Å²) in [5.74, 6) is -0.366. The van der Waals surface area contributed by atoms with E-state index in [2.05, 4.69) is 6.92 Å². The molecule has 0 spiro atoms. The van der Waals surface area contributed by atoms with Crippen LogP contribution in [0.5, 0.6) is 11.5 Å². The van der Waals surface area contributed by atoms with Crippen molar-refractivity contribution in [3.63, 3.8) is 0 Å². The van der Waals surface area contributed by atoms with Gasteiger partial charge in [0.2, 0.25) is 0 Å². The molecule has 0 radical (unpaired) electrons. The maximum Gasteiger partial charge on any atom is 0.338 e. The summed E-state index contributed by atoms with van der Waals surface area (Å²) in [4.78, 5) is 12.3. The summed E-state index contributed by atoms with van der Waals surface area (Å²) in [5, 5.41) is 33.1. The van der Waals surface area contributed by atoms with E-state index in [0.29, 0.717) is 17.7 Å². The number of ether oxygens (including phenoxy) is 2. The maximum atomic E-state index is 12.3. The molecule has 0 amide bonds. The lowest BCUT2D eigenvalue weighted by Crippen LogP contribution is -2.21. The Kier molecular flexibility index (Phi) is 9.05. The summed E-state index contributed by atoms with van der Waals surface area (Å²) in [6.07, 6.45) is 4.07.